The number of rotatable bonds is 4. The highest BCUT2D eigenvalue weighted by Gasteiger charge is 2.40. The quantitative estimate of drug-likeness (QED) is 0.856. The number of carbonyl (C=O) groups is 2. The van der Waals surface area contributed by atoms with E-state index in [4.69, 9.17) is 0 Å². The average Bonchev–Trinajstić information content (AvgIpc) is 3.19. The van der Waals surface area contributed by atoms with Gasteiger partial charge in [0.25, 0.3) is 0 Å². The largest absolute Gasteiger partial charge is 0.339 e. The van der Waals surface area contributed by atoms with E-state index in [2.05, 4.69) is 0 Å². The first-order valence-electron chi connectivity index (χ1n) is 8.78. The number of nitrogens with zero attached hydrogens (tertiary/aromatic N) is 2. The summed E-state index contributed by atoms with van der Waals surface area (Å²) in [5, 5.41) is 0. The molecule has 1 heterocycles. The Bertz CT molecular complexity index is 593. The summed E-state index contributed by atoms with van der Waals surface area (Å²) in [6, 6.07) is 8.33. The molecule has 1 aromatic carbocycles. The maximum Gasteiger partial charge on any atom is 0.232 e. The zero-order chi connectivity index (χ0) is 16.4. The molecular weight excluding hydrogens is 288 g/mol. The lowest BCUT2D eigenvalue weighted by Gasteiger charge is -2.27. The molecule has 1 aliphatic heterocycles. The van der Waals surface area contributed by atoms with Gasteiger partial charge in [-0.15, -0.1) is 0 Å². The maximum absolute atomic E-state index is 13.0. The van der Waals surface area contributed by atoms with Crippen LogP contribution in [0.25, 0.3) is 0 Å². The third-order valence-electron chi connectivity index (χ3n) is 5.26. The molecule has 1 atom stereocenters. The SMILES string of the molecule is CCN(C(=O)[C@@H]1CC(=O)N(C2CCCC2)C1)c1ccccc1C. The predicted octanol–water partition coefficient (Wildman–Crippen LogP) is 3.14. The fourth-order valence-corrected chi connectivity index (χ4v) is 4.00. The van der Waals surface area contributed by atoms with Crippen LogP contribution in [-0.2, 0) is 9.59 Å². The number of amides is 2. The molecule has 0 spiro atoms. The second-order valence-electron chi connectivity index (χ2n) is 6.75. The van der Waals surface area contributed by atoms with Gasteiger partial charge in [-0.2, -0.15) is 0 Å². The second kappa shape index (κ2) is 6.73. The van der Waals surface area contributed by atoms with Crippen LogP contribution in [0.3, 0.4) is 0 Å². The molecule has 1 saturated carbocycles. The monoisotopic (exact) mass is 314 g/mol. The molecule has 3 rings (SSSR count). The summed E-state index contributed by atoms with van der Waals surface area (Å²) < 4.78 is 0. The highest BCUT2D eigenvalue weighted by atomic mass is 16.2. The molecule has 23 heavy (non-hydrogen) atoms. The van der Waals surface area contributed by atoms with E-state index in [1.54, 1.807) is 0 Å². The molecule has 0 aromatic heterocycles. The van der Waals surface area contributed by atoms with Crippen molar-refractivity contribution in [1.82, 2.24) is 4.90 Å². The molecule has 0 unspecified atom stereocenters. The maximum atomic E-state index is 13.0. The number of likely N-dealkylation sites (tertiary alicyclic amines) is 1. The first-order valence-corrected chi connectivity index (χ1v) is 8.78. The van der Waals surface area contributed by atoms with Crippen LogP contribution >= 0.6 is 0 Å². The number of benzene rings is 1. The lowest BCUT2D eigenvalue weighted by atomic mass is 10.1. The van der Waals surface area contributed by atoms with Gasteiger partial charge in [0.05, 0.1) is 5.92 Å². The Kier molecular flexibility index (Phi) is 4.69. The van der Waals surface area contributed by atoms with Crippen LogP contribution in [0.15, 0.2) is 24.3 Å². The lowest BCUT2D eigenvalue weighted by molar-refractivity contribution is -0.130. The molecule has 0 bridgehead atoms. The van der Waals surface area contributed by atoms with Crippen molar-refractivity contribution in [3.8, 4) is 0 Å². The number of carbonyl (C=O) groups excluding carboxylic acids is 2. The van der Waals surface area contributed by atoms with Gasteiger partial charge in [-0.05, 0) is 38.3 Å². The molecular formula is C19H26N2O2. The van der Waals surface area contributed by atoms with Gasteiger partial charge in [0.15, 0.2) is 0 Å². The van der Waals surface area contributed by atoms with Crippen LogP contribution < -0.4 is 4.90 Å². The number of anilines is 1. The van der Waals surface area contributed by atoms with Gasteiger partial charge in [-0.3, -0.25) is 9.59 Å². The summed E-state index contributed by atoms with van der Waals surface area (Å²) in [5.74, 6) is 0.0642. The number of hydrogen-bond acceptors (Lipinski definition) is 2. The normalized spacial score (nSPS) is 21.9. The number of hydrogen-bond donors (Lipinski definition) is 0. The van der Waals surface area contributed by atoms with E-state index in [1.807, 2.05) is 47.9 Å². The topological polar surface area (TPSA) is 40.6 Å². The van der Waals surface area contributed by atoms with E-state index in [9.17, 15) is 9.59 Å². The van der Waals surface area contributed by atoms with Gasteiger partial charge in [-0.25, -0.2) is 0 Å². The zero-order valence-corrected chi connectivity index (χ0v) is 14.1. The van der Waals surface area contributed by atoms with E-state index in [0.29, 0.717) is 25.6 Å². The Hall–Kier alpha value is -1.84. The van der Waals surface area contributed by atoms with Crippen molar-refractivity contribution in [3.05, 3.63) is 29.8 Å². The van der Waals surface area contributed by atoms with E-state index < -0.39 is 0 Å². The summed E-state index contributed by atoms with van der Waals surface area (Å²) in [6.45, 7) is 5.26. The van der Waals surface area contributed by atoms with Crippen molar-refractivity contribution in [2.75, 3.05) is 18.0 Å². The fourth-order valence-electron chi connectivity index (χ4n) is 4.00. The average molecular weight is 314 g/mol. The van der Waals surface area contributed by atoms with Crippen molar-refractivity contribution in [3.63, 3.8) is 0 Å². The molecule has 124 valence electrons. The Morgan fingerprint density at radius 2 is 1.96 bits per heavy atom. The summed E-state index contributed by atoms with van der Waals surface area (Å²) in [4.78, 5) is 29.1. The Labute approximate surface area is 138 Å². The summed E-state index contributed by atoms with van der Waals surface area (Å²) in [6.07, 6.45) is 4.98. The number of aryl methyl sites for hydroxylation is 1. The highest BCUT2D eigenvalue weighted by molar-refractivity contribution is 5.99. The predicted molar refractivity (Wildman–Crippen MR) is 91.3 cm³/mol. The first kappa shape index (κ1) is 16.0. The lowest BCUT2D eigenvalue weighted by Crippen LogP contribution is -2.39. The van der Waals surface area contributed by atoms with Gasteiger partial charge < -0.3 is 9.80 Å². The van der Waals surface area contributed by atoms with Gasteiger partial charge in [0, 0.05) is 31.2 Å². The summed E-state index contributed by atoms with van der Waals surface area (Å²) in [7, 11) is 0. The van der Waals surface area contributed by atoms with E-state index in [1.165, 1.54) is 12.8 Å². The van der Waals surface area contributed by atoms with Crippen LogP contribution in [0.2, 0.25) is 0 Å². The van der Waals surface area contributed by atoms with Crippen molar-refractivity contribution in [2.24, 2.45) is 5.92 Å². The van der Waals surface area contributed by atoms with Gasteiger partial charge in [-0.1, -0.05) is 31.0 Å². The standard InChI is InChI=1S/C19H26N2O2/c1-3-20(17-11-7-4-8-14(17)2)19(23)15-12-18(22)21(13-15)16-9-5-6-10-16/h4,7-8,11,15-16H,3,5-6,9-10,12-13H2,1-2H3/t15-/m1/s1. The molecule has 2 fully saturated rings. The van der Waals surface area contributed by atoms with Crippen molar-refractivity contribution in [2.45, 2.75) is 52.0 Å². The first-order chi connectivity index (χ1) is 11.1. The van der Waals surface area contributed by atoms with Crippen LogP contribution in [0.4, 0.5) is 5.69 Å². The molecule has 0 N–H and O–H groups in total. The molecule has 1 aromatic rings. The molecule has 4 nitrogen and oxygen atoms in total. The Morgan fingerprint density at radius 1 is 1.26 bits per heavy atom. The third-order valence-corrected chi connectivity index (χ3v) is 5.26. The molecule has 0 radical (unpaired) electrons. The molecule has 1 saturated heterocycles. The minimum absolute atomic E-state index is 0.0932. The van der Waals surface area contributed by atoms with Gasteiger partial charge >= 0.3 is 0 Å². The van der Waals surface area contributed by atoms with Crippen LogP contribution in [0.5, 0.6) is 0 Å². The summed E-state index contributed by atoms with van der Waals surface area (Å²) >= 11 is 0. The molecule has 4 heteroatoms. The van der Waals surface area contributed by atoms with E-state index in [0.717, 1.165) is 24.1 Å². The third kappa shape index (κ3) is 3.12. The van der Waals surface area contributed by atoms with Crippen molar-refractivity contribution in [1.29, 1.82) is 0 Å². The smallest absolute Gasteiger partial charge is 0.232 e. The fraction of sp³-hybridized carbons (Fsp3) is 0.579. The van der Waals surface area contributed by atoms with Gasteiger partial charge in [0.2, 0.25) is 11.8 Å². The van der Waals surface area contributed by atoms with E-state index >= 15 is 0 Å². The molecule has 1 aliphatic carbocycles. The second-order valence-corrected chi connectivity index (χ2v) is 6.75. The van der Waals surface area contributed by atoms with Crippen LogP contribution in [0.1, 0.15) is 44.6 Å². The molecule has 2 amide bonds. The van der Waals surface area contributed by atoms with Gasteiger partial charge in [0.1, 0.15) is 0 Å². The van der Waals surface area contributed by atoms with Crippen molar-refractivity contribution < 1.29 is 9.59 Å². The van der Waals surface area contributed by atoms with E-state index in [-0.39, 0.29) is 17.7 Å². The number of para-hydroxylation sites is 1. The summed E-state index contributed by atoms with van der Waals surface area (Å²) in [5.41, 5.74) is 2.06. The van der Waals surface area contributed by atoms with Crippen molar-refractivity contribution >= 4 is 17.5 Å². The minimum Gasteiger partial charge on any atom is -0.339 e. The zero-order valence-electron chi connectivity index (χ0n) is 14.1. The minimum atomic E-state index is -0.192. The van der Waals surface area contributed by atoms with Crippen LogP contribution in [-0.4, -0.2) is 35.8 Å². The highest BCUT2D eigenvalue weighted by Crippen LogP contribution is 2.31. The molecule has 2 aliphatic rings. The Balaban J connectivity index is 1.74. The Morgan fingerprint density at radius 3 is 2.61 bits per heavy atom. The van der Waals surface area contributed by atoms with Crippen LogP contribution in [0, 0.1) is 12.8 Å².